The normalized spacial score (nSPS) is 25.0. The largest absolute Gasteiger partial charge is 0.497 e. The number of amides is 1. The summed E-state index contributed by atoms with van der Waals surface area (Å²) in [5, 5.41) is 2.82. The summed E-state index contributed by atoms with van der Waals surface area (Å²) in [6.45, 7) is 4.15. The minimum absolute atomic E-state index is 0.178. The van der Waals surface area contributed by atoms with E-state index in [1.807, 2.05) is 26.0 Å². The molecular weight excluding hydrogens is 364 g/mol. The summed E-state index contributed by atoms with van der Waals surface area (Å²) in [6.07, 6.45) is 0.374. The summed E-state index contributed by atoms with van der Waals surface area (Å²) in [6, 6.07) is 12.6. The molecule has 0 aromatic heterocycles. The first kappa shape index (κ1) is 17.9. The molecule has 0 radical (unpaired) electrons. The van der Waals surface area contributed by atoms with Crippen LogP contribution in [0, 0.1) is 19.8 Å². The van der Waals surface area contributed by atoms with Gasteiger partial charge < -0.3 is 10.1 Å². The molecule has 2 aromatic rings. The topological polar surface area (TPSA) is 75.7 Å². The van der Waals surface area contributed by atoms with Gasteiger partial charge in [0.05, 0.1) is 12.8 Å². The smallest absolute Gasteiger partial charge is 0.250 e. The molecule has 2 aliphatic rings. The second kappa shape index (κ2) is 5.99. The Labute approximate surface area is 159 Å². The van der Waals surface area contributed by atoms with Gasteiger partial charge in [0.15, 0.2) is 4.75 Å². The van der Waals surface area contributed by atoms with Gasteiger partial charge in [0, 0.05) is 18.2 Å². The number of sulfonamides is 1. The molecule has 142 valence electrons. The van der Waals surface area contributed by atoms with Crippen molar-refractivity contribution >= 4 is 27.3 Å². The summed E-state index contributed by atoms with van der Waals surface area (Å²) in [4.78, 5) is 13.0. The summed E-state index contributed by atoms with van der Waals surface area (Å²) in [5.74, 6) is 0.0599. The Balaban J connectivity index is 1.61. The molecule has 1 saturated heterocycles. The first-order valence-electron chi connectivity index (χ1n) is 8.84. The van der Waals surface area contributed by atoms with E-state index in [1.165, 1.54) is 4.31 Å². The minimum atomic E-state index is -3.77. The van der Waals surface area contributed by atoms with Gasteiger partial charge in [-0.1, -0.05) is 17.7 Å². The number of aryl methyl sites for hydroxylation is 2. The van der Waals surface area contributed by atoms with Crippen LogP contribution in [0.3, 0.4) is 0 Å². The number of rotatable bonds is 4. The van der Waals surface area contributed by atoms with Gasteiger partial charge in [-0.15, -0.1) is 0 Å². The molecule has 1 heterocycles. The first-order valence-corrected chi connectivity index (χ1v) is 10.3. The molecule has 4 rings (SSSR count). The molecular formula is C20H22N2O4S. The molecule has 0 spiro atoms. The van der Waals surface area contributed by atoms with Gasteiger partial charge in [-0.2, -0.15) is 0 Å². The fourth-order valence-corrected chi connectivity index (χ4v) is 6.17. The van der Waals surface area contributed by atoms with Crippen LogP contribution in [0.2, 0.25) is 0 Å². The zero-order valence-corrected chi connectivity index (χ0v) is 16.3. The maximum absolute atomic E-state index is 13.2. The molecule has 1 aliphatic heterocycles. The van der Waals surface area contributed by atoms with E-state index < -0.39 is 20.7 Å². The summed E-state index contributed by atoms with van der Waals surface area (Å²) in [5.41, 5.74) is 3.09. The number of fused-ring (bicyclic) bond motifs is 1. The average Bonchev–Trinajstić information content (AvgIpc) is 3.33. The van der Waals surface area contributed by atoms with Gasteiger partial charge in [0.1, 0.15) is 5.75 Å². The van der Waals surface area contributed by atoms with Crippen LogP contribution in [0.15, 0.2) is 42.5 Å². The third kappa shape index (κ3) is 2.60. The molecule has 1 saturated carbocycles. The van der Waals surface area contributed by atoms with E-state index in [0.717, 1.165) is 11.1 Å². The molecule has 1 N–H and O–H groups in total. The van der Waals surface area contributed by atoms with Crippen LogP contribution in [0.4, 0.5) is 11.4 Å². The number of hydrogen-bond donors (Lipinski definition) is 1. The molecule has 27 heavy (non-hydrogen) atoms. The SMILES string of the molecule is COc1ccc(NC(=O)[C@@]23C[C@H]2CN(c2ccc(C)cc2)S3(=O)=O)c(C)c1. The first-order chi connectivity index (χ1) is 12.8. The molecule has 2 aromatic carbocycles. The van der Waals surface area contributed by atoms with E-state index in [0.29, 0.717) is 30.1 Å². The third-order valence-electron chi connectivity index (χ3n) is 5.57. The number of carbonyl (C=O) groups is 1. The van der Waals surface area contributed by atoms with Crippen LogP contribution in [-0.4, -0.2) is 32.7 Å². The molecule has 2 fully saturated rings. The maximum atomic E-state index is 13.2. The van der Waals surface area contributed by atoms with Crippen LogP contribution >= 0.6 is 0 Å². The Hall–Kier alpha value is -2.54. The fraction of sp³-hybridized carbons (Fsp3) is 0.350. The highest BCUT2D eigenvalue weighted by Crippen LogP contribution is 2.58. The molecule has 1 aliphatic carbocycles. The predicted octanol–water partition coefficient (Wildman–Crippen LogP) is 2.86. The lowest BCUT2D eigenvalue weighted by molar-refractivity contribution is -0.116. The number of nitrogens with one attached hydrogen (secondary N) is 1. The van der Waals surface area contributed by atoms with Crippen LogP contribution in [0.1, 0.15) is 17.5 Å². The highest BCUT2D eigenvalue weighted by atomic mass is 32.2. The number of carbonyl (C=O) groups excluding carboxylic acids is 1. The highest BCUT2D eigenvalue weighted by Gasteiger charge is 2.75. The van der Waals surface area contributed by atoms with Gasteiger partial charge in [0.25, 0.3) is 0 Å². The van der Waals surface area contributed by atoms with Crippen molar-refractivity contribution in [1.29, 1.82) is 0 Å². The Bertz CT molecular complexity index is 1020. The zero-order valence-electron chi connectivity index (χ0n) is 15.5. The van der Waals surface area contributed by atoms with Gasteiger partial charge in [-0.3, -0.25) is 9.10 Å². The van der Waals surface area contributed by atoms with Crippen molar-refractivity contribution in [3.8, 4) is 5.75 Å². The van der Waals surface area contributed by atoms with Crippen molar-refractivity contribution in [2.75, 3.05) is 23.3 Å². The number of benzene rings is 2. The number of anilines is 2. The molecule has 2 atom stereocenters. The van der Waals surface area contributed by atoms with Gasteiger partial charge >= 0.3 is 0 Å². The Morgan fingerprint density at radius 1 is 1.19 bits per heavy atom. The van der Waals surface area contributed by atoms with Crippen molar-refractivity contribution in [2.24, 2.45) is 5.92 Å². The van der Waals surface area contributed by atoms with Crippen LogP contribution in [-0.2, 0) is 14.8 Å². The lowest BCUT2D eigenvalue weighted by Crippen LogP contribution is -2.42. The number of nitrogens with zero attached hydrogens (tertiary/aromatic N) is 1. The van der Waals surface area contributed by atoms with Crippen molar-refractivity contribution in [1.82, 2.24) is 0 Å². The Morgan fingerprint density at radius 2 is 1.89 bits per heavy atom. The fourth-order valence-electron chi connectivity index (χ4n) is 3.81. The summed E-state index contributed by atoms with van der Waals surface area (Å²) in [7, 11) is -2.19. The second-order valence-electron chi connectivity index (χ2n) is 7.30. The van der Waals surface area contributed by atoms with E-state index in [9.17, 15) is 13.2 Å². The van der Waals surface area contributed by atoms with Crippen LogP contribution < -0.4 is 14.4 Å². The van der Waals surface area contributed by atoms with Crippen LogP contribution in [0.5, 0.6) is 5.75 Å². The molecule has 7 heteroatoms. The van der Waals surface area contributed by atoms with E-state index >= 15 is 0 Å². The van der Waals surface area contributed by atoms with Crippen molar-refractivity contribution in [2.45, 2.75) is 25.0 Å². The van der Waals surface area contributed by atoms with Crippen LogP contribution in [0.25, 0.3) is 0 Å². The molecule has 0 bridgehead atoms. The molecule has 1 amide bonds. The summed E-state index contributed by atoms with van der Waals surface area (Å²) >= 11 is 0. The van der Waals surface area contributed by atoms with Crippen molar-refractivity contribution in [3.05, 3.63) is 53.6 Å². The number of methoxy groups -OCH3 is 1. The quantitative estimate of drug-likeness (QED) is 0.877. The highest BCUT2D eigenvalue weighted by molar-refractivity contribution is 7.95. The average molecular weight is 386 g/mol. The standard InChI is InChI=1S/C20H22N2O4S/c1-13-4-6-16(7-5-13)22-12-15-11-20(15,27(22,24)25)19(23)21-18-9-8-17(26-3)10-14(18)2/h4-10,15H,11-12H2,1-3H3,(H,21,23)/t15-,20+/m0/s1. The predicted molar refractivity (Wildman–Crippen MR) is 105 cm³/mol. The number of ether oxygens (including phenoxy) is 1. The van der Waals surface area contributed by atoms with E-state index in [-0.39, 0.29) is 5.92 Å². The Morgan fingerprint density at radius 3 is 2.52 bits per heavy atom. The number of hydrogen-bond acceptors (Lipinski definition) is 4. The van der Waals surface area contributed by atoms with E-state index in [2.05, 4.69) is 5.32 Å². The lowest BCUT2D eigenvalue weighted by Gasteiger charge is -2.23. The van der Waals surface area contributed by atoms with Crippen molar-refractivity contribution in [3.63, 3.8) is 0 Å². The van der Waals surface area contributed by atoms with Crippen molar-refractivity contribution < 1.29 is 17.9 Å². The molecule has 0 unspecified atom stereocenters. The monoisotopic (exact) mass is 386 g/mol. The molecule has 6 nitrogen and oxygen atoms in total. The van der Waals surface area contributed by atoms with Gasteiger partial charge in [-0.25, -0.2) is 8.42 Å². The zero-order chi connectivity index (χ0) is 19.4. The second-order valence-corrected chi connectivity index (χ2v) is 9.42. The van der Waals surface area contributed by atoms with Gasteiger partial charge in [-0.05, 0) is 56.2 Å². The lowest BCUT2D eigenvalue weighted by atomic mass is 10.1. The summed E-state index contributed by atoms with van der Waals surface area (Å²) < 4.78 is 31.6. The van der Waals surface area contributed by atoms with E-state index in [4.69, 9.17) is 4.74 Å². The van der Waals surface area contributed by atoms with E-state index in [1.54, 1.807) is 37.4 Å². The Kier molecular flexibility index (Phi) is 3.96. The third-order valence-corrected chi connectivity index (χ3v) is 8.12. The minimum Gasteiger partial charge on any atom is -0.497 e. The van der Waals surface area contributed by atoms with Gasteiger partial charge in [0.2, 0.25) is 15.9 Å². The maximum Gasteiger partial charge on any atom is 0.250 e.